The first-order chi connectivity index (χ1) is 11.5. The van der Waals surface area contributed by atoms with Crippen LogP contribution in [-0.2, 0) is 0 Å². The van der Waals surface area contributed by atoms with E-state index in [9.17, 15) is 4.79 Å². The molecular weight excluding hydrogens is 345 g/mol. The zero-order chi connectivity index (χ0) is 17.1. The average molecular weight is 364 g/mol. The number of hydrogen-bond donors (Lipinski definition) is 1. The highest BCUT2D eigenvalue weighted by molar-refractivity contribution is 6.36. The Hall–Kier alpha value is -1.78. The average Bonchev–Trinajstić information content (AvgIpc) is 2.57. The minimum Gasteiger partial charge on any atom is -0.371 e. The van der Waals surface area contributed by atoms with E-state index < -0.39 is 0 Å². The van der Waals surface area contributed by atoms with Gasteiger partial charge in [0.2, 0.25) is 0 Å². The second kappa shape index (κ2) is 7.41. The fraction of sp³-hybridized carbons (Fsp3) is 0.333. The van der Waals surface area contributed by atoms with Crippen LogP contribution in [0.3, 0.4) is 0 Å². The summed E-state index contributed by atoms with van der Waals surface area (Å²) in [6.07, 6.45) is 4.10. The van der Waals surface area contributed by atoms with Gasteiger partial charge in [-0.3, -0.25) is 9.78 Å². The van der Waals surface area contributed by atoms with Crippen LogP contribution in [0.4, 0.5) is 11.4 Å². The summed E-state index contributed by atoms with van der Waals surface area (Å²) < 4.78 is 0. The molecule has 1 aromatic carbocycles. The number of anilines is 2. The fourth-order valence-corrected chi connectivity index (χ4v) is 3.40. The van der Waals surface area contributed by atoms with Gasteiger partial charge in [-0.25, -0.2) is 0 Å². The van der Waals surface area contributed by atoms with E-state index in [4.69, 9.17) is 23.2 Å². The number of nitrogens with zero attached hydrogens (tertiary/aromatic N) is 2. The van der Waals surface area contributed by atoms with Crippen LogP contribution < -0.4 is 10.2 Å². The van der Waals surface area contributed by atoms with Crippen LogP contribution in [0.5, 0.6) is 0 Å². The lowest BCUT2D eigenvalue weighted by Gasteiger charge is -2.32. The predicted octanol–water partition coefficient (Wildman–Crippen LogP) is 4.88. The summed E-state index contributed by atoms with van der Waals surface area (Å²) in [4.78, 5) is 19.0. The van der Waals surface area contributed by atoms with Crippen molar-refractivity contribution in [3.8, 4) is 0 Å². The number of hydrogen-bond acceptors (Lipinski definition) is 3. The monoisotopic (exact) mass is 363 g/mol. The van der Waals surface area contributed by atoms with Gasteiger partial charge >= 0.3 is 0 Å². The number of halogens is 2. The van der Waals surface area contributed by atoms with Crippen LogP contribution in [0, 0.1) is 5.92 Å². The van der Waals surface area contributed by atoms with Crippen molar-refractivity contribution in [2.24, 2.45) is 5.92 Å². The summed E-state index contributed by atoms with van der Waals surface area (Å²) in [6.45, 7) is 4.27. The molecule has 0 spiro atoms. The van der Waals surface area contributed by atoms with E-state index in [-0.39, 0.29) is 5.91 Å². The minimum absolute atomic E-state index is 0.286. The third-order valence-electron chi connectivity index (χ3n) is 4.18. The van der Waals surface area contributed by atoms with Gasteiger partial charge in [0, 0.05) is 30.0 Å². The molecule has 1 amide bonds. The lowest BCUT2D eigenvalue weighted by Crippen LogP contribution is -2.34. The maximum Gasteiger partial charge on any atom is 0.274 e. The topological polar surface area (TPSA) is 45.2 Å². The summed E-state index contributed by atoms with van der Waals surface area (Å²) in [5, 5.41) is 3.71. The SMILES string of the molecule is CC1CCCN(c2ccnc(C(=O)Nc3ccc(Cl)cc3Cl)c2)C1. The molecule has 0 saturated carbocycles. The van der Waals surface area contributed by atoms with Crippen LogP contribution >= 0.6 is 23.2 Å². The first-order valence-electron chi connectivity index (χ1n) is 8.00. The molecule has 1 unspecified atom stereocenters. The Kier molecular flexibility index (Phi) is 5.27. The number of amides is 1. The molecule has 1 aliphatic rings. The van der Waals surface area contributed by atoms with Crippen LogP contribution in [0.2, 0.25) is 10.0 Å². The number of carbonyl (C=O) groups is 1. The van der Waals surface area contributed by atoms with Gasteiger partial charge in [-0.05, 0) is 49.1 Å². The van der Waals surface area contributed by atoms with E-state index in [1.807, 2.05) is 12.1 Å². The molecule has 1 fully saturated rings. The van der Waals surface area contributed by atoms with Gasteiger partial charge < -0.3 is 10.2 Å². The number of carbonyl (C=O) groups excluding carboxylic acids is 1. The lowest BCUT2D eigenvalue weighted by atomic mass is 10.00. The first kappa shape index (κ1) is 17.1. The van der Waals surface area contributed by atoms with Gasteiger partial charge in [-0.15, -0.1) is 0 Å². The van der Waals surface area contributed by atoms with Gasteiger partial charge in [0.1, 0.15) is 5.69 Å². The van der Waals surface area contributed by atoms with Crippen LogP contribution in [-0.4, -0.2) is 24.0 Å². The number of rotatable bonds is 3. The molecule has 24 heavy (non-hydrogen) atoms. The summed E-state index contributed by atoms with van der Waals surface area (Å²) in [6, 6.07) is 8.74. The predicted molar refractivity (Wildman–Crippen MR) is 99.3 cm³/mol. The molecule has 2 aromatic rings. The van der Waals surface area contributed by atoms with E-state index in [1.54, 1.807) is 24.4 Å². The van der Waals surface area contributed by atoms with Crippen molar-refractivity contribution in [2.75, 3.05) is 23.3 Å². The number of benzene rings is 1. The van der Waals surface area contributed by atoms with Crippen molar-refractivity contribution in [3.63, 3.8) is 0 Å². The van der Waals surface area contributed by atoms with E-state index in [2.05, 4.69) is 22.1 Å². The van der Waals surface area contributed by atoms with Gasteiger partial charge in [0.05, 0.1) is 10.7 Å². The Morgan fingerprint density at radius 1 is 1.29 bits per heavy atom. The summed E-state index contributed by atoms with van der Waals surface area (Å²) in [5.41, 5.74) is 1.92. The Morgan fingerprint density at radius 3 is 2.88 bits per heavy atom. The van der Waals surface area contributed by atoms with Crippen molar-refractivity contribution in [2.45, 2.75) is 19.8 Å². The largest absolute Gasteiger partial charge is 0.371 e. The number of pyridine rings is 1. The minimum atomic E-state index is -0.286. The molecule has 0 aliphatic carbocycles. The second-order valence-corrected chi connectivity index (χ2v) is 7.01. The van der Waals surface area contributed by atoms with E-state index >= 15 is 0 Å². The summed E-state index contributed by atoms with van der Waals surface area (Å²) in [5.74, 6) is 0.378. The molecule has 126 valence electrons. The van der Waals surface area contributed by atoms with Crippen molar-refractivity contribution in [3.05, 3.63) is 52.3 Å². The molecule has 1 N–H and O–H groups in total. The van der Waals surface area contributed by atoms with Gasteiger partial charge in [0.25, 0.3) is 5.91 Å². The molecule has 1 atom stereocenters. The quantitative estimate of drug-likeness (QED) is 0.845. The van der Waals surface area contributed by atoms with E-state index in [1.165, 1.54) is 12.8 Å². The number of piperidine rings is 1. The molecule has 4 nitrogen and oxygen atoms in total. The van der Waals surface area contributed by atoms with Crippen molar-refractivity contribution in [1.29, 1.82) is 0 Å². The highest BCUT2D eigenvalue weighted by atomic mass is 35.5. The molecule has 2 heterocycles. The third kappa shape index (κ3) is 4.00. The zero-order valence-electron chi connectivity index (χ0n) is 13.4. The normalized spacial score (nSPS) is 17.6. The molecule has 1 saturated heterocycles. The van der Waals surface area contributed by atoms with Gasteiger partial charge in [-0.2, -0.15) is 0 Å². The van der Waals surface area contributed by atoms with Crippen molar-refractivity contribution in [1.82, 2.24) is 4.98 Å². The number of aromatic nitrogens is 1. The Labute approximate surface area is 151 Å². The van der Waals surface area contributed by atoms with Gasteiger partial charge in [-0.1, -0.05) is 30.1 Å². The smallest absolute Gasteiger partial charge is 0.274 e. The highest BCUT2D eigenvalue weighted by Crippen LogP contribution is 2.26. The molecule has 0 radical (unpaired) electrons. The molecular formula is C18H19Cl2N3O. The van der Waals surface area contributed by atoms with Crippen LogP contribution in [0.15, 0.2) is 36.5 Å². The molecule has 3 rings (SSSR count). The molecule has 6 heteroatoms. The molecule has 0 bridgehead atoms. The fourth-order valence-electron chi connectivity index (χ4n) is 2.94. The zero-order valence-corrected chi connectivity index (χ0v) is 14.9. The Morgan fingerprint density at radius 2 is 2.12 bits per heavy atom. The Bertz CT molecular complexity index is 751. The van der Waals surface area contributed by atoms with Crippen LogP contribution in [0.25, 0.3) is 0 Å². The highest BCUT2D eigenvalue weighted by Gasteiger charge is 2.18. The third-order valence-corrected chi connectivity index (χ3v) is 4.73. The Balaban J connectivity index is 1.76. The number of nitrogens with one attached hydrogen (secondary N) is 1. The molecule has 1 aliphatic heterocycles. The van der Waals surface area contributed by atoms with Crippen molar-refractivity contribution >= 4 is 40.5 Å². The van der Waals surface area contributed by atoms with E-state index in [0.29, 0.717) is 27.3 Å². The van der Waals surface area contributed by atoms with E-state index in [0.717, 1.165) is 18.8 Å². The maximum atomic E-state index is 12.5. The summed E-state index contributed by atoms with van der Waals surface area (Å²) in [7, 11) is 0. The second-order valence-electron chi connectivity index (χ2n) is 6.17. The standard InChI is InChI=1S/C18H19Cl2N3O/c1-12-3-2-8-23(11-12)14-6-7-21-17(10-14)18(24)22-16-5-4-13(19)9-15(16)20/h4-7,9-10,12H,2-3,8,11H2,1H3,(H,22,24). The van der Waals surface area contributed by atoms with Gasteiger partial charge in [0.15, 0.2) is 0 Å². The lowest BCUT2D eigenvalue weighted by molar-refractivity contribution is 0.102. The summed E-state index contributed by atoms with van der Waals surface area (Å²) >= 11 is 12.0. The maximum absolute atomic E-state index is 12.5. The van der Waals surface area contributed by atoms with Crippen molar-refractivity contribution < 1.29 is 4.79 Å². The molecule has 1 aromatic heterocycles. The van der Waals surface area contributed by atoms with Crippen LogP contribution in [0.1, 0.15) is 30.3 Å². The first-order valence-corrected chi connectivity index (χ1v) is 8.76.